The van der Waals surface area contributed by atoms with Gasteiger partial charge < -0.3 is 9.64 Å². The second-order valence-corrected chi connectivity index (χ2v) is 8.47. The first-order chi connectivity index (χ1) is 12.7. The number of carbonyl (C=O) groups is 1. The molecule has 6 nitrogen and oxygen atoms in total. The minimum atomic E-state index is -4.65. The fourth-order valence-electron chi connectivity index (χ4n) is 3.59. The SMILES string of the molecule is O=C(CNS(=O)(=O)c1cccc(C(F)(F)F)c1)N1CCOC2CCCCC21. The van der Waals surface area contributed by atoms with Crippen LogP contribution < -0.4 is 4.72 Å². The highest BCUT2D eigenvalue weighted by Gasteiger charge is 2.37. The zero-order valence-corrected chi connectivity index (χ0v) is 15.4. The lowest BCUT2D eigenvalue weighted by molar-refractivity contribution is -0.148. The number of benzene rings is 1. The van der Waals surface area contributed by atoms with Crippen molar-refractivity contribution in [2.24, 2.45) is 0 Å². The van der Waals surface area contributed by atoms with Crippen LogP contribution in [0.2, 0.25) is 0 Å². The number of ether oxygens (including phenoxy) is 1. The number of nitrogens with zero attached hydrogens (tertiary/aromatic N) is 1. The van der Waals surface area contributed by atoms with Gasteiger partial charge in [-0.15, -0.1) is 0 Å². The van der Waals surface area contributed by atoms with E-state index in [1.807, 2.05) is 0 Å². The zero-order chi connectivity index (χ0) is 19.7. The highest BCUT2D eigenvalue weighted by Crippen LogP contribution is 2.31. The van der Waals surface area contributed by atoms with Gasteiger partial charge in [0.05, 0.1) is 35.8 Å². The van der Waals surface area contributed by atoms with Gasteiger partial charge in [0.1, 0.15) is 0 Å². The molecular weight excluding hydrogens is 385 g/mol. The number of halogens is 3. The van der Waals surface area contributed by atoms with Crippen LogP contribution in [0.15, 0.2) is 29.2 Å². The number of amides is 1. The summed E-state index contributed by atoms with van der Waals surface area (Å²) in [5.74, 6) is -0.397. The van der Waals surface area contributed by atoms with Crippen molar-refractivity contribution in [3.05, 3.63) is 29.8 Å². The fourth-order valence-corrected chi connectivity index (χ4v) is 4.61. The number of sulfonamides is 1. The Bertz CT molecular complexity index is 796. The minimum Gasteiger partial charge on any atom is -0.374 e. The molecule has 150 valence electrons. The summed E-state index contributed by atoms with van der Waals surface area (Å²) in [5.41, 5.74) is -1.06. The monoisotopic (exact) mass is 406 g/mol. The third-order valence-electron chi connectivity index (χ3n) is 4.94. The topological polar surface area (TPSA) is 75.7 Å². The molecule has 1 heterocycles. The first kappa shape index (κ1) is 20.1. The number of rotatable bonds is 4. The van der Waals surface area contributed by atoms with E-state index < -0.39 is 39.1 Å². The van der Waals surface area contributed by atoms with Gasteiger partial charge in [-0.25, -0.2) is 13.1 Å². The summed E-state index contributed by atoms with van der Waals surface area (Å²) in [6.07, 6.45) is -1.00. The Morgan fingerprint density at radius 1 is 1.26 bits per heavy atom. The second kappa shape index (κ2) is 7.76. The Kier molecular flexibility index (Phi) is 5.78. The van der Waals surface area contributed by atoms with Crippen LogP contribution >= 0.6 is 0 Å². The van der Waals surface area contributed by atoms with Crippen LogP contribution in [0.5, 0.6) is 0 Å². The van der Waals surface area contributed by atoms with Crippen LogP contribution in [-0.2, 0) is 25.7 Å². The third-order valence-corrected chi connectivity index (χ3v) is 6.34. The summed E-state index contributed by atoms with van der Waals surface area (Å²) in [6, 6.07) is 3.36. The number of alkyl halides is 3. The van der Waals surface area contributed by atoms with Crippen LogP contribution in [0, 0.1) is 0 Å². The molecular formula is C17H21F3N2O4S. The van der Waals surface area contributed by atoms with E-state index in [1.54, 1.807) is 4.90 Å². The number of carbonyl (C=O) groups excluding carboxylic acids is 1. The Morgan fingerprint density at radius 3 is 2.74 bits per heavy atom. The highest BCUT2D eigenvalue weighted by molar-refractivity contribution is 7.89. The summed E-state index contributed by atoms with van der Waals surface area (Å²) in [4.78, 5) is 13.6. The molecule has 1 saturated heterocycles. The van der Waals surface area contributed by atoms with Crippen LogP contribution in [0.4, 0.5) is 13.2 Å². The van der Waals surface area contributed by atoms with Crippen molar-refractivity contribution in [3.63, 3.8) is 0 Å². The van der Waals surface area contributed by atoms with Crippen molar-refractivity contribution < 1.29 is 31.1 Å². The molecule has 3 rings (SSSR count). The molecule has 2 aliphatic rings. The summed E-state index contributed by atoms with van der Waals surface area (Å²) in [5, 5.41) is 0. The number of fused-ring (bicyclic) bond motifs is 1. The van der Waals surface area contributed by atoms with E-state index >= 15 is 0 Å². The molecule has 0 radical (unpaired) electrons. The highest BCUT2D eigenvalue weighted by atomic mass is 32.2. The van der Waals surface area contributed by atoms with E-state index in [4.69, 9.17) is 4.74 Å². The molecule has 1 aromatic carbocycles. The third kappa shape index (κ3) is 4.61. The number of hydrogen-bond acceptors (Lipinski definition) is 4. The van der Waals surface area contributed by atoms with Gasteiger partial charge >= 0.3 is 6.18 Å². The molecule has 1 N–H and O–H groups in total. The van der Waals surface area contributed by atoms with Gasteiger partial charge in [-0.1, -0.05) is 18.9 Å². The minimum absolute atomic E-state index is 0.0310. The molecule has 1 amide bonds. The van der Waals surface area contributed by atoms with Gasteiger partial charge in [-0.2, -0.15) is 13.2 Å². The van der Waals surface area contributed by atoms with Gasteiger partial charge in [0, 0.05) is 6.54 Å². The van der Waals surface area contributed by atoms with E-state index in [1.165, 1.54) is 0 Å². The van der Waals surface area contributed by atoms with Gasteiger partial charge in [0.25, 0.3) is 0 Å². The lowest BCUT2D eigenvalue weighted by atomic mass is 9.90. The Balaban J connectivity index is 1.67. The first-order valence-electron chi connectivity index (χ1n) is 8.76. The van der Waals surface area contributed by atoms with E-state index in [-0.39, 0.29) is 12.1 Å². The fraction of sp³-hybridized carbons (Fsp3) is 0.588. The lowest BCUT2D eigenvalue weighted by Gasteiger charge is -2.43. The first-order valence-corrected chi connectivity index (χ1v) is 10.2. The molecule has 2 fully saturated rings. The smallest absolute Gasteiger partial charge is 0.374 e. The van der Waals surface area contributed by atoms with E-state index in [0.29, 0.717) is 19.2 Å². The quantitative estimate of drug-likeness (QED) is 0.832. The number of hydrogen-bond donors (Lipinski definition) is 1. The average Bonchev–Trinajstić information content (AvgIpc) is 2.65. The molecule has 1 saturated carbocycles. The molecule has 2 unspecified atom stereocenters. The van der Waals surface area contributed by atoms with Crippen LogP contribution in [0.25, 0.3) is 0 Å². The number of nitrogens with one attached hydrogen (secondary N) is 1. The normalized spacial score (nSPS) is 23.7. The molecule has 27 heavy (non-hydrogen) atoms. The molecule has 2 atom stereocenters. The summed E-state index contributed by atoms with van der Waals surface area (Å²) >= 11 is 0. The largest absolute Gasteiger partial charge is 0.416 e. The van der Waals surface area contributed by atoms with E-state index in [0.717, 1.165) is 43.9 Å². The van der Waals surface area contributed by atoms with Crippen molar-refractivity contribution in [3.8, 4) is 0 Å². The molecule has 0 spiro atoms. The summed E-state index contributed by atoms with van der Waals surface area (Å²) in [7, 11) is -4.23. The standard InChI is InChI=1S/C17H21F3N2O4S/c18-17(19,20)12-4-3-5-13(10-12)27(24,25)21-11-16(23)22-8-9-26-15-7-2-1-6-14(15)22/h3-5,10,14-15,21H,1-2,6-9,11H2. The van der Waals surface area contributed by atoms with Crippen LogP contribution in [-0.4, -0.2) is 51.1 Å². The molecule has 0 bridgehead atoms. The number of morpholine rings is 1. The van der Waals surface area contributed by atoms with Crippen LogP contribution in [0.1, 0.15) is 31.2 Å². The molecule has 1 aromatic rings. The lowest BCUT2D eigenvalue weighted by Crippen LogP contribution is -2.56. The zero-order valence-electron chi connectivity index (χ0n) is 14.5. The van der Waals surface area contributed by atoms with Gasteiger partial charge in [0.15, 0.2) is 0 Å². The Hall–Kier alpha value is -1.65. The summed E-state index contributed by atoms with van der Waals surface area (Å²) in [6.45, 7) is 0.278. The van der Waals surface area contributed by atoms with Gasteiger partial charge in [0.2, 0.25) is 15.9 Å². The van der Waals surface area contributed by atoms with Crippen molar-refractivity contribution in [2.75, 3.05) is 19.7 Å². The maximum atomic E-state index is 12.8. The Morgan fingerprint density at radius 2 is 2.00 bits per heavy atom. The van der Waals surface area contributed by atoms with Crippen molar-refractivity contribution >= 4 is 15.9 Å². The molecule has 10 heteroatoms. The maximum absolute atomic E-state index is 12.8. The predicted octanol–water partition coefficient (Wildman–Crippen LogP) is 2.15. The van der Waals surface area contributed by atoms with Crippen molar-refractivity contribution in [2.45, 2.75) is 48.9 Å². The molecule has 1 aliphatic carbocycles. The van der Waals surface area contributed by atoms with Crippen LogP contribution in [0.3, 0.4) is 0 Å². The predicted molar refractivity (Wildman–Crippen MR) is 90.3 cm³/mol. The van der Waals surface area contributed by atoms with Crippen molar-refractivity contribution in [1.29, 1.82) is 0 Å². The maximum Gasteiger partial charge on any atom is 0.416 e. The summed E-state index contributed by atoms with van der Waals surface area (Å²) < 4.78 is 70.8. The van der Waals surface area contributed by atoms with E-state index in [2.05, 4.69) is 4.72 Å². The van der Waals surface area contributed by atoms with E-state index in [9.17, 15) is 26.4 Å². The van der Waals surface area contributed by atoms with Crippen molar-refractivity contribution in [1.82, 2.24) is 9.62 Å². The van der Waals surface area contributed by atoms with Gasteiger partial charge in [-0.3, -0.25) is 4.79 Å². The average molecular weight is 406 g/mol. The molecule has 0 aromatic heterocycles. The second-order valence-electron chi connectivity index (χ2n) is 6.70. The van der Waals surface area contributed by atoms with Gasteiger partial charge in [-0.05, 0) is 31.0 Å². The Labute approximate surface area is 155 Å². The molecule has 1 aliphatic heterocycles.